The van der Waals surface area contributed by atoms with E-state index in [0.29, 0.717) is 17.6 Å². The van der Waals surface area contributed by atoms with E-state index in [1.807, 2.05) is 6.92 Å². The molecule has 0 aliphatic carbocycles. The molecular weight excluding hydrogens is 318 g/mol. The number of benzene rings is 1. The first-order valence-electron chi connectivity index (χ1n) is 6.67. The Bertz CT molecular complexity index is 635. The summed E-state index contributed by atoms with van der Waals surface area (Å²) in [6, 6.07) is 8.29. The van der Waals surface area contributed by atoms with Crippen LogP contribution >= 0.6 is 15.9 Å². The van der Waals surface area contributed by atoms with E-state index >= 15 is 0 Å². The molecule has 2 aromatic rings. The Morgan fingerprint density at radius 2 is 2.00 bits per heavy atom. The zero-order chi connectivity index (χ0) is 14.5. The molecule has 0 aliphatic rings. The molecule has 0 aliphatic heterocycles. The molecule has 1 aromatic carbocycles. The van der Waals surface area contributed by atoms with Crippen molar-refractivity contribution in [1.82, 2.24) is 9.78 Å². The fourth-order valence-electron chi connectivity index (χ4n) is 1.86. The van der Waals surface area contributed by atoms with Crippen LogP contribution in [0.25, 0.3) is 0 Å². The van der Waals surface area contributed by atoms with Crippen molar-refractivity contribution in [3.05, 3.63) is 56.4 Å². The number of nitrogens with zero attached hydrogens (tertiary/aromatic N) is 2. The number of nitrogens with one attached hydrogen (secondary N) is 1. The van der Waals surface area contributed by atoms with Gasteiger partial charge >= 0.3 is 0 Å². The monoisotopic (exact) mass is 335 g/mol. The molecule has 0 radical (unpaired) electrons. The minimum Gasteiger partial charge on any atom is -0.379 e. The van der Waals surface area contributed by atoms with Gasteiger partial charge < -0.3 is 5.32 Å². The Balaban J connectivity index is 2.12. The lowest BCUT2D eigenvalue weighted by molar-refractivity contribution is 0.566. The summed E-state index contributed by atoms with van der Waals surface area (Å²) in [5.41, 5.74) is 3.03. The normalized spacial score (nSPS) is 10.6. The van der Waals surface area contributed by atoms with Crippen molar-refractivity contribution in [2.45, 2.75) is 33.4 Å². The SMILES string of the molecule is CCCn1ncc(NCc2ccc(C)cc2)c(Br)c1=O. The number of halogens is 1. The zero-order valence-electron chi connectivity index (χ0n) is 11.7. The average molecular weight is 336 g/mol. The van der Waals surface area contributed by atoms with Gasteiger partial charge in [-0.1, -0.05) is 36.8 Å². The Labute approximate surface area is 127 Å². The molecule has 0 bridgehead atoms. The second kappa shape index (κ2) is 6.70. The van der Waals surface area contributed by atoms with Crippen LogP contribution in [0.5, 0.6) is 0 Å². The molecule has 4 nitrogen and oxygen atoms in total. The summed E-state index contributed by atoms with van der Waals surface area (Å²) in [5, 5.41) is 7.40. The van der Waals surface area contributed by atoms with Gasteiger partial charge in [-0.25, -0.2) is 4.68 Å². The second-order valence-corrected chi connectivity index (χ2v) is 5.53. The van der Waals surface area contributed by atoms with Crippen molar-refractivity contribution >= 4 is 21.6 Å². The van der Waals surface area contributed by atoms with Crippen LogP contribution in [-0.2, 0) is 13.1 Å². The maximum absolute atomic E-state index is 12.0. The fraction of sp³-hybridized carbons (Fsp3) is 0.333. The van der Waals surface area contributed by atoms with E-state index in [1.54, 1.807) is 6.20 Å². The lowest BCUT2D eigenvalue weighted by Crippen LogP contribution is -2.24. The van der Waals surface area contributed by atoms with E-state index in [4.69, 9.17) is 0 Å². The number of aryl methyl sites for hydroxylation is 2. The highest BCUT2D eigenvalue weighted by Crippen LogP contribution is 2.17. The van der Waals surface area contributed by atoms with Gasteiger partial charge in [-0.3, -0.25) is 4.79 Å². The maximum atomic E-state index is 12.0. The van der Waals surface area contributed by atoms with E-state index in [9.17, 15) is 4.79 Å². The van der Waals surface area contributed by atoms with Crippen LogP contribution in [-0.4, -0.2) is 9.78 Å². The van der Waals surface area contributed by atoms with Gasteiger partial charge in [-0.2, -0.15) is 5.10 Å². The smallest absolute Gasteiger partial charge is 0.283 e. The van der Waals surface area contributed by atoms with E-state index in [1.165, 1.54) is 15.8 Å². The number of anilines is 1. The molecule has 106 valence electrons. The molecule has 0 saturated heterocycles. The third kappa shape index (κ3) is 3.48. The van der Waals surface area contributed by atoms with Crippen LogP contribution in [0, 0.1) is 6.92 Å². The molecule has 0 amide bonds. The van der Waals surface area contributed by atoms with Gasteiger partial charge in [0.05, 0.1) is 11.9 Å². The van der Waals surface area contributed by atoms with E-state index in [2.05, 4.69) is 57.5 Å². The summed E-state index contributed by atoms with van der Waals surface area (Å²) in [5.74, 6) is 0. The number of hydrogen-bond acceptors (Lipinski definition) is 3. The van der Waals surface area contributed by atoms with Crippen LogP contribution in [0.2, 0.25) is 0 Å². The van der Waals surface area contributed by atoms with Gasteiger partial charge in [0, 0.05) is 13.1 Å². The summed E-state index contributed by atoms with van der Waals surface area (Å²) in [7, 11) is 0. The van der Waals surface area contributed by atoms with Crippen LogP contribution in [0.4, 0.5) is 5.69 Å². The highest BCUT2D eigenvalue weighted by atomic mass is 79.9. The van der Waals surface area contributed by atoms with Crippen LogP contribution in [0.3, 0.4) is 0 Å². The first-order valence-corrected chi connectivity index (χ1v) is 7.46. The van der Waals surface area contributed by atoms with Gasteiger partial charge in [0.15, 0.2) is 0 Å². The largest absolute Gasteiger partial charge is 0.379 e. The topological polar surface area (TPSA) is 46.9 Å². The quantitative estimate of drug-likeness (QED) is 0.911. The van der Waals surface area contributed by atoms with Crippen LogP contribution < -0.4 is 10.9 Å². The van der Waals surface area contributed by atoms with E-state index < -0.39 is 0 Å². The van der Waals surface area contributed by atoms with Crippen molar-refractivity contribution < 1.29 is 0 Å². The van der Waals surface area contributed by atoms with Gasteiger partial charge in [-0.15, -0.1) is 0 Å². The number of hydrogen-bond donors (Lipinski definition) is 1. The number of rotatable bonds is 5. The van der Waals surface area contributed by atoms with Crippen LogP contribution in [0.1, 0.15) is 24.5 Å². The Morgan fingerprint density at radius 3 is 2.65 bits per heavy atom. The Kier molecular flexibility index (Phi) is 4.95. The average Bonchev–Trinajstić information content (AvgIpc) is 2.45. The lowest BCUT2D eigenvalue weighted by Gasteiger charge is -2.10. The standard InChI is InChI=1S/C15H18BrN3O/c1-3-8-19-15(20)14(16)13(10-18-19)17-9-12-6-4-11(2)5-7-12/h4-7,10,17H,3,8-9H2,1-2H3. The van der Waals surface area contributed by atoms with Crippen LogP contribution in [0.15, 0.2) is 39.7 Å². The van der Waals surface area contributed by atoms with E-state index in [0.717, 1.165) is 12.1 Å². The van der Waals surface area contributed by atoms with Crippen molar-refractivity contribution in [3.8, 4) is 0 Å². The highest BCUT2D eigenvalue weighted by molar-refractivity contribution is 9.10. The Morgan fingerprint density at radius 1 is 1.30 bits per heavy atom. The highest BCUT2D eigenvalue weighted by Gasteiger charge is 2.07. The summed E-state index contributed by atoms with van der Waals surface area (Å²) in [6.07, 6.45) is 2.57. The fourth-order valence-corrected chi connectivity index (χ4v) is 2.31. The molecule has 5 heteroatoms. The first kappa shape index (κ1) is 14.8. The molecule has 1 N–H and O–H groups in total. The molecule has 0 atom stereocenters. The maximum Gasteiger partial charge on any atom is 0.283 e. The van der Waals surface area contributed by atoms with Gasteiger partial charge in [0.2, 0.25) is 0 Å². The van der Waals surface area contributed by atoms with Gasteiger partial charge in [0.25, 0.3) is 5.56 Å². The zero-order valence-corrected chi connectivity index (χ0v) is 13.3. The molecule has 0 fully saturated rings. The summed E-state index contributed by atoms with van der Waals surface area (Å²) < 4.78 is 2.01. The minimum atomic E-state index is -0.0965. The van der Waals surface area contributed by atoms with Crippen molar-refractivity contribution in [3.63, 3.8) is 0 Å². The third-order valence-electron chi connectivity index (χ3n) is 3.02. The van der Waals surface area contributed by atoms with Gasteiger partial charge in [-0.05, 0) is 34.8 Å². The first-order chi connectivity index (χ1) is 9.61. The second-order valence-electron chi connectivity index (χ2n) is 4.74. The molecule has 0 unspecified atom stereocenters. The predicted molar refractivity (Wildman–Crippen MR) is 85.0 cm³/mol. The predicted octanol–water partition coefficient (Wildman–Crippen LogP) is 3.34. The Hall–Kier alpha value is -1.62. The molecule has 2 rings (SSSR count). The van der Waals surface area contributed by atoms with Crippen molar-refractivity contribution in [1.29, 1.82) is 0 Å². The van der Waals surface area contributed by atoms with Gasteiger partial charge in [0.1, 0.15) is 4.47 Å². The van der Waals surface area contributed by atoms with Crippen molar-refractivity contribution in [2.75, 3.05) is 5.32 Å². The number of aromatic nitrogens is 2. The summed E-state index contributed by atoms with van der Waals surface area (Å²) in [4.78, 5) is 12.0. The summed E-state index contributed by atoms with van der Waals surface area (Å²) in [6.45, 7) is 5.38. The molecule has 0 saturated carbocycles. The molecule has 0 spiro atoms. The molecule has 1 heterocycles. The molecule has 20 heavy (non-hydrogen) atoms. The summed E-state index contributed by atoms with van der Waals surface area (Å²) >= 11 is 3.35. The van der Waals surface area contributed by atoms with E-state index in [-0.39, 0.29) is 5.56 Å². The van der Waals surface area contributed by atoms with Crippen molar-refractivity contribution in [2.24, 2.45) is 0 Å². The molecular formula is C15H18BrN3O. The third-order valence-corrected chi connectivity index (χ3v) is 3.79. The minimum absolute atomic E-state index is 0.0965. The lowest BCUT2D eigenvalue weighted by atomic mass is 10.1. The molecule has 1 aromatic heterocycles.